The van der Waals surface area contributed by atoms with Crippen LogP contribution in [0, 0.1) is 0 Å². The first-order valence-electron chi connectivity index (χ1n) is 7.56. The van der Waals surface area contributed by atoms with Crippen LogP contribution in [0.2, 0.25) is 0 Å². The molecule has 1 fully saturated rings. The third-order valence-corrected chi connectivity index (χ3v) is 4.46. The second-order valence-corrected chi connectivity index (χ2v) is 5.79. The molecule has 0 spiro atoms. The van der Waals surface area contributed by atoms with Crippen molar-refractivity contribution in [3.63, 3.8) is 0 Å². The Labute approximate surface area is 132 Å². The van der Waals surface area contributed by atoms with E-state index in [1.54, 1.807) is 0 Å². The second-order valence-electron chi connectivity index (χ2n) is 5.79. The first-order valence-corrected chi connectivity index (χ1v) is 7.56. The number of fused-ring (bicyclic) bond motifs is 1. The Morgan fingerprint density at radius 1 is 1.33 bits per heavy atom. The number of halogens is 1. The molecule has 0 radical (unpaired) electrons. The maximum Gasteiger partial charge on any atom is 0.241 e. The molecular weight excluding hydrogens is 286 g/mol. The zero-order chi connectivity index (χ0) is 13.9. The fourth-order valence-electron chi connectivity index (χ4n) is 3.31. The maximum absolute atomic E-state index is 12.5. The topological polar surface area (TPSA) is 35.6 Å². The van der Waals surface area contributed by atoms with Crippen LogP contribution in [0.25, 0.3) is 0 Å². The summed E-state index contributed by atoms with van der Waals surface area (Å²) in [5.74, 6) is 0.242. The van der Waals surface area contributed by atoms with Gasteiger partial charge in [0, 0.05) is 24.8 Å². The van der Waals surface area contributed by atoms with Crippen molar-refractivity contribution in [3.8, 4) is 0 Å². The SMILES string of the molecule is CNC1CCCN(CC(=O)N2CCc3ccccc32)C1.Cl. The van der Waals surface area contributed by atoms with Gasteiger partial charge in [0.1, 0.15) is 0 Å². The normalized spacial score (nSPS) is 21.8. The molecule has 1 saturated heterocycles. The molecular formula is C16H24ClN3O. The Morgan fingerprint density at radius 3 is 2.95 bits per heavy atom. The molecule has 2 aliphatic rings. The molecule has 5 heteroatoms. The summed E-state index contributed by atoms with van der Waals surface area (Å²) in [5.41, 5.74) is 2.41. The van der Waals surface area contributed by atoms with E-state index in [1.165, 1.54) is 18.4 Å². The van der Waals surface area contributed by atoms with Gasteiger partial charge in [0.25, 0.3) is 0 Å². The van der Waals surface area contributed by atoms with Crippen LogP contribution in [0.3, 0.4) is 0 Å². The van der Waals surface area contributed by atoms with Crippen LogP contribution in [0.15, 0.2) is 24.3 Å². The van der Waals surface area contributed by atoms with Crippen molar-refractivity contribution in [2.24, 2.45) is 0 Å². The Bertz CT molecular complexity index is 494. The highest BCUT2D eigenvalue weighted by molar-refractivity contribution is 5.96. The van der Waals surface area contributed by atoms with Gasteiger partial charge in [0.2, 0.25) is 5.91 Å². The smallest absolute Gasteiger partial charge is 0.241 e. The summed E-state index contributed by atoms with van der Waals surface area (Å²) >= 11 is 0. The van der Waals surface area contributed by atoms with E-state index < -0.39 is 0 Å². The highest BCUT2D eigenvalue weighted by atomic mass is 35.5. The summed E-state index contributed by atoms with van der Waals surface area (Å²) in [5, 5.41) is 3.33. The van der Waals surface area contributed by atoms with Crippen molar-refractivity contribution >= 4 is 24.0 Å². The third kappa shape index (κ3) is 3.57. The van der Waals surface area contributed by atoms with Crippen LogP contribution >= 0.6 is 12.4 Å². The highest BCUT2D eigenvalue weighted by Crippen LogP contribution is 2.27. The number of piperidine rings is 1. The number of rotatable bonds is 3. The fourth-order valence-corrected chi connectivity index (χ4v) is 3.31. The number of carbonyl (C=O) groups is 1. The molecule has 116 valence electrons. The standard InChI is InChI=1S/C16H23N3O.ClH/c1-17-14-6-4-9-18(11-14)12-16(20)19-10-8-13-5-2-3-7-15(13)19;/h2-3,5,7,14,17H,4,6,8-12H2,1H3;1H. The lowest BCUT2D eigenvalue weighted by Gasteiger charge is -2.33. The Kier molecular flexibility index (Phi) is 5.62. The second kappa shape index (κ2) is 7.25. The van der Waals surface area contributed by atoms with Gasteiger partial charge in [-0.2, -0.15) is 0 Å². The number of benzene rings is 1. The van der Waals surface area contributed by atoms with E-state index in [2.05, 4.69) is 28.4 Å². The molecule has 1 aromatic rings. The average Bonchev–Trinajstić information content (AvgIpc) is 2.91. The quantitative estimate of drug-likeness (QED) is 0.923. The van der Waals surface area contributed by atoms with E-state index in [4.69, 9.17) is 0 Å². The average molecular weight is 310 g/mol. The molecule has 0 bridgehead atoms. The fraction of sp³-hybridized carbons (Fsp3) is 0.562. The van der Waals surface area contributed by atoms with Crippen molar-refractivity contribution < 1.29 is 4.79 Å². The number of nitrogens with one attached hydrogen (secondary N) is 1. The van der Waals surface area contributed by atoms with Gasteiger partial charge < -0.3 is 10.2 Å². The van der Waals surface area contributed by atoms with Crippen molar-refractivity contribution in [1.82, 2.24) is 10.2 Å². The minimum absolute atomic E-state index is 0. The Morgan fingerprint density at radius 2 is 2.14 bits per heavy atom. The number of amides is 1. The van der Waals surface area contributed by atoms with Gasteiger partial charge in [0.05, 0.1) is 6.54 Å². The van der Waals surface area contributed by atoms with E-state index in [1.807, 2.05) is 18.0 Å². The van der Waals surface area contributed by atoms with Gasteiger partial charge >= 0.3 is 0 Å². The van der Waals surface area contributed by atoms with Crippen molar-refractivity contribution in [3.05, 3.63) is 29.8 Å². The van der Waals surface area contributed by atoms with Gasteiger partial charge in [-0.3, -0.25) is 9.69 Å². The summed E-state index contributed by atoms with van der Waals surface area (Å²) in [6.07, 6.45) is 3.38. The van der Waals surface area contributed by atoms with Crippen LogP contribution in [-0.4, -0.2) is 50.1 Å². The zero-order valence-electron chi connectivity index (χ0n) is 12.5. The third-order valence-electron chi connectivity index (χ3n) is 4.46. The number of hydrogen-bond donors (Lipinski definition) is 1. The highest BCUT2D eigenvalue weighted by Gasteiger charge is 2.27. The van der Waals surface area contributed by atoms with Gasteiger partial charge in [-0.15, -0.1) is 12.4 Å². The van der Waals surface area contributed by atoms with Crippen LogP contribution in [0.4, 0.5) is 5.69 Å². The predicted molar refractivity (Wildman–Crippen MR) is 88.3 cm³/mol. The number of carbonyl (C=O) groups excluding carboxylic acids is 1. The molecule has 2 heterocycles. The number of hydrogen-bond acceptors (Lipinski definition) is 3. The van der Waals surface area contributed by atoms with Gasteiger partial charge in [0.15, 0.2) is 0 Å². The molecule has 0 saturated carbocycles. The summed E-state index contributed by atoms with van der Waals surface area (Å²) < 4.78 is 0. The summed E-state index contributed by atoms with van der Waals surface area (Å²) in [7, 11) is 2.01. The summed E-state index contributed by atoms with van der Waals surface area (Å²) in [6, 6.07) is 8.78. The predicted octanol–water partition coefficient (Wildman–Crippen LogP) is 1.68. The molecule has 0 aliphatic carbocycles. The van der Waals surface area contributed by atoms with Crippen molar-refractivity contribution in [2.45, 2.75) is 25.3 Å². The van der Waals surface area contributed by atoms with E-state index in [0.717, 1.165) is 31.7 Å². The lowest BCUT2D eigenvalue weighted by Crippen LogP contribution is -2.48. The summed E-state index contributed by atoms with van der Waals surface area (Å²) in [4.78, 5) is 16.8. The molecule has 3 rings (SSSR count). The lowest BCUT2D eigenvalue weighted by molar-refractivity contribution is -0.119. The molecule has 1 unspecified atom stereocenters. The summed E-state index contributed by atoms with van der Waals surface area (Å²) in [6.45, 7) is 3.41. The first-order chi connectivity index (χ1) is 9.78. The van der Waals surface area contributed by atoms with Gasteiger partial charge in [-0.05, 0) is 44.5 Å². The number of likely N-dealkylation sites (N-methyl/N-ethyl adjacent to an activating group) is 1. The zero-order valence-corrected chi connectivity index (χ0v) is 13.4. The Balaban J connectivity index is 0.00000161. The van der Waals surface area contributed by atoms with Crippen molar-refractivity contribution in [2.75, 3.05) is 38.1 Å². The van der Waals surface area contributed by atoms with Gasteiger partial charge in [-0.1, -0.05) is 18.2 Å². The molecule has 1 aromatic carbocycles. The maximum atomic E-state index is 12.5. The molecule has 1 atom stereocenters. The number of likely N-dealkylation sites (tertiary alicyclic amines) is 1. The monoisotopic (exact) mass is 309 g/mol. The molecule has 1 amide bonds. The number of para-hydroxylation sites is 1. The van der Waals surface area contributed by atoms with Crippen LogP contribution < -0.4 is 10.2 Å². The first kappa shape index (κ1) is 16.3. The lowest BCUT2D eigenvalue weighted by atomic mass is 10.1. The molecule has 0 aromatic heterocycles. The number of anilines is 1. The Hall–Kier alpha value is -1.10. The van der Waals surface area contributed by atoms with Crippen LogP contribution in [-0.2, 0) is 11.2 Å². The van der Waals surface area contributed by atoms with E-state index in [-0.39, 0.29) is 18.3 Å². The van der Waals surface area contributed by atoms with Crippen LogP contribution in [0.1, 0.15) is 18.4 Å². The van der Waals surface area contributed by atoms with Gasteiger partial charge in [-0.25, -0.2) is 0 Å². The van der Waals surface area contributed by atoms with E-state index in [9.17, 15) is 4.79 Å². The minimum atomic E-state index is 0. The molecule has 2 aliphatic heterocycles. The minimum Gasteiger partial charge on any atom is -0.316 e. The molecule has 4 nitrogen and oxygen atoms in total. The van der Waals surface area contributed by atoms with Crippen molar-refractivity contribution in [1.29, 1.82) is 0 Å². The van der Waals surface area contributed by atoms with Crippen LogP contribution in [0.5, 0.6) is 0 Å². The number of nitrogens with zero attached hydrogens (tertiary/aromatic N) is 2. The molecule has 1 N–H and O–H groups in total. The van der Waals surface area contributed by atoms with E-state index >= 15 is 0 Å². The largest absolute Gasteiger partial charge is 0.316 e. The van der Waals surface area contributed by atoms with E-state index in [0.29, 0.717) is 12.6 Å². The molecule has 21 heavy (non-hydrogen) atoms.